The molecule has 160 valence electrons. The minimum Gasteiger partial charge on any atom is -0.381 e. The lowest BCUT2D eigenvalue weighted by atomic mass is 9.92. The van der Waals surface area contributed by atoms with Gasteiger partial charge in [0.2, 0.25) is 0 Å². The fourth-order valence-electron chi connectivity index (χ4n) is 3.38. The van der Waals surface area contributed by atoms with Gasteiger partial charge in [-0.15, -0.1) is 0 Å². The molecule has 1 aliphatic heterocycles. The number of hydrogen-bond acceptors (Lipinski definition) is 4. The van der Waals surface area contributed by atoms with Crippen LogP contribution >= 0.6 is 0 Å². The lowest BCUT2D eigenvalue weighted by Crippen LogP contribution is -2.16. The molecule has 0 unspecified atom stereocenters. The Hall–Kier alpha value is -1.49. The maximum absolute atomic E-state index is 11.5. The smallest absolute Gasteiger partial charge is 0.133 e. The summed E-state index contributed by atoms with van der Waals surface area (Å²) in [5, 5.41) is 4.23. The summed E-state index contributed by atoms with van der Waals surface area (Å²) in [4.78, 5) is 22.9. The second kappa shape index (κ2) is 13.6. The second-order valence-corrected chi connectivity index (χ2v) is 8.85. The summed E-state index contributed by atoms with van der Waals surface area (Å²) in [5.41, 5.74) is 1.00. The van der Waals surface area contributed by atoms with Crippen LogP contribution in [0.4, 0.5) is 0 Å². The first-order chi connectivity index (χ1) is 13.3. The van der Waals surface area contributed by atoms with Gasteiger partial charge in [-0.25, -0.2) is 0 Å². The van der Waals surface area contributed by atoms with Crippen LogP contribution in [0.15, 0.2) is 12.3 Å². The monoisotopic (exact) mass is 392 g/mol. The Balaban J connectivity index is 0.000000280. The normalized spacial score (nSPS) is 14.8. The molecule has 2 heterocycles. The summed E-state index contributed by atoms with van der Waals surface area (Å²) in [6.07, 6.45) is 8.89. The summed E-state index contributed by atoms with van der Waals surface area (Å²) in [6.45, 7) is 10.1. The van der Waals surface area contributed by atoms with Gasteiger partial charge < -0.3 is 4.74 Å². The summed E-state index contributed by atoms with van der Waals surface area (Å²) >= 11 is 0. The van der Waals surface area contributed by atoms with Crippen molar-refractivity contribution in [3.8, 4) is 0 Å². The predicted molar refractivity (Wildman–Crippen MR) is 113 cm³/mol. The standard InChI is InChI=1S/C12H22O2.C11H18N2O/c1-10(2)9-12(13)4-3-11-5-7-14-8-6-11;1-9(2)8-11(14)5-4-10-6-7-13(3)12-10/h10-11H,3-9H2,1-2H3;6-7,9H,4-5,8H2,1-3H3. The van der Waals surface area contributed by atoms with Crippen molar-refractivity contribution in [2.75, 3.05) is 13.2 Å². The van der Waals surface area contributed by atoms with Gasteiger partial charge in [0.15, 0.2) is 0 Å². The van der Waals surface area contributed by atoms with E-state index in [4.69, 9.17) is 4.74 Å². The highest BCUT2D eigenvalue weighted by Crippen LogP contribution is 2.20. The maximum Gasteiger partial charge on any atom is 0.133 e. The lowest BCUT2D eigenvalue weighted by molar-refractivity contribution is -0.120. The van der Waals surface area contributed by atoms with Crippen molar-refractivity contribution in [2.45, 2.75) is 79.1 Å². The Bertz CT molecular complexity index is 572. The average molecular weight is 393 g/mol. The Morgan fingerprint density at radius 2 is 1.64 bits per heavy atom. The number of nitrogens with zero attached hydrogens (tertiary/aromatic N) is 2. The Kier molecular flexibility index (Phi) is 12.0. The van der Waals surface area contributed by atoms with Crippen LogP contribution in [-0.2, 0) is 27.8 Å². The molecule has 0 bridgehead atoms. The van der Waals surface area contributed by atoms with E-state index < -0.39 is 0 Å². The van der Waals surface area contributed by atoms with Crippen molar-refractivity contribution in [3.05, 3.63) is 18.0 Å². The van der Waals surface area contributed by atoms with Gasteiger partial charge in [-0.1, -0.05) is 27.7 Å². The molecular weight excluding hydrogens is 352 g/mol. The number of ketones is 2. The fraction of sp³-hybridized carbons (Fsp3) is 0.783. The van der Waals surface area contributed by atoms with Gasteiger partial charge in [-0.2, -0.15) is 5.10 Å². The number of ether oxygens (including phenoxy) is 1. The molecule has 0 spiro atoms. The Labute approximate surface area is 171 Å². The molecule has 5 nitrogen and oxygen atoms in total. The highest BCUT2D eigenvalue weighted by molar-refractivity contribution is 5.79. The molecular formula is C23H40N2O3. The number of carbonyl (C=O) groups is 2. The van der Waals surface area contributed by atoms with E-state index in [0.29, 0.717) is 36.2 Å². The third kappa shape index (κ3) is 12.1. The SMILES string of the molecule is CC(C)CC(=O)CCC1CCOCC1.CC(C)CC(=O)CCc1ccn(C)n1. The Morgan fingerprint density at radius 3 is 2.14 bits per heavy atom. The Morgan fingerprint density at radius 1 is 1.07 bits per heavy atom. The largest absolute Gasteiger partial charge is 0.381 e. The van der Waals surface area contributed by atoms with Crippen LogP contribution in [0.5, 0.6) is 0 Å². The number of Topliss-reactive ketones (excluding diaryl/α,β-unsaturated/α-hetero) is 2. The minimum absolute atomic E-state index is 0.339. The van der Waals surface area contributed by atoms with Gasteiger partial charge in [-0.05, 0) is 49.5 Å². The van der Waals surface area contributed by atoms with E-state index in [2.05, 4.69) is 32.8 Å². The molecule has 0 amide bonds. The maximum atomic E-state index is 11.5. The first kappa shape index (κ1) is 24.5. The fourth-order valence-corrected chi connectivity index (χ4v) is 3.38. The van der Waals surface area contributed by atoms with Gasteiger partial charge in [0.1, 0.15) is 11.6 Å². The van der Waals surface area contributed by atoms with Gasteiger partial charge in [0, 0.05) is 52.1 Å². The molecule has 1 aliphatic rings. The van der Waals surface area contributed by atoms with E-state index in [1.165, 1.54) is 0 Å². The molecule has 2 rings (SSSR count). The van der Waals surface area contributed by atoms with Gasteiger partial charge in [0.05, 0.1) is 5.69 Å². The van der Waals surface area contributed by atoms with Crippen molar-refractivity contribution in [3.63, 3.8) is 0 Å². The molecule has 1 saturated heterocycles. The molecule has 0 atom stereocenters. The van der Waals surface area contributed by atoms with Gasteiger partial charge in [-0.3, -0.25) is 14.3 Å². The van der Waals surface area contributed by atoms with E-state index in [9.17, 15) is 9.59 Å². The molecule has 0 saturated carbocycles. The summed E-state index contributed by atoms with van der Waals surface area (Å²) in [7, 11) is 1.89. The highest BCUT2D eigenvalue weighted by atomic mass is 16.5. The third-order valence-corrected chi connectivity index (χ3v) is 4.87. The molecule has 1 aromatic rings. The molecule has 1 aromatic heterocycles. The minimum atomic E-state index is 0.339. The third-order valence-electron chi connectivity index (χ3n) is 4.87. The zero-order valence-electron chi connectivity index (χ0n) is 18.6. The van der Waals surface area contributed by atoms with Crippen molar-refractivity contribution in [2.24, 2.45) is 24.8 Å². The van der Waals surface area contributed by atoms with E-state index in [1.54, 1.807) is 4.68 Å². The van der Waals surface area contributed by atoms with Crippen molar-refractivity contribution in [1.82, 2.24) is 9.78 Å². The molecule has 5 heteroatoms. The van der Waals surface area contributed by atoms with Crippen molar-refractivity contribution < 1.29 is 14.3 Å². The second-order valence-electron chi connectivity index (χ2n) is 8.85. The quantitative estimate of drug-likeness (QED) is 0.575. The van der Waals surface area contributed by atoms with Crippen molar-refractivity contribution in [1.29, 1.82) is 0 Å². The van der Waals surface area contributed by atoms with Crippen LogP contribution in [0, 0.1) is 17.8 Å². The topological polar surface area (TPSA) is 61.2 Å². The molecule has 0 N–H and O–H groups in total. The van der Waals surface area contributed by atoms with Crippen LogP contribution in [0.2, 0.25) is 0 Å². The number of aromatic nitrogens is 2. The zero-order valence-corrected chi connectivity index (χ0v) is 18.6. The predicted octanol–water partition coefficient (Wildman–Crippen LogP) is 4.78. The van der Waals surface area contributed by atoms with Gasteiger partial charge >= 0.3 is 0 Å². The first-order valence-electron chi connectivity index (χ1n) is 10.9. The number of rotatable bonds is 10. The molecule has 1 fully saturated rings. The van der Waals surface area contributed by atoms with E-state index in [-0.39, 0.29) is 0 Å². The zero-order chi connectivity index (χ0) is 20.9. The number of hydrogen-bond donors (Lipinski definition) is 0. The van der Waals surface area contributed by atoms with Crippen LogP contribution in [0.1, 0.15) is 78.3 Å². The molecule has 28 heavy (non-hydrogen) atoms. The molecule has 0 radical (unpaired) electrons. The van der Waals surface area contributed by atoms with E-state index >= 15 is 0 Å². The summed E-state index contributed by atoms with van der Waals surface area (Å²) < 4.78 is 7.05. The van der Waals surface area contributed by atoms with E-state index in [0.717, 1.165) is 63.4 Å². The van der Waals surface area contributed by atoms with Crippen LogP contribution in [-0.4, -0.2) is 34.6 Å². The summed E-state index contributed by atoms with van der Waals surface area (Å²) in [5.74, 6) is 2.49. The van der Waals surface area contributed by atoms with E-state index in [1.807, 2.05) is 19.3 Å². The number of aryl methyl sites for hydroxylation is 2. The lowest BCUT2D eigenvalue weighted by Gasteiger charge is -2.21. The van der Waals surface area contributed by atoms with Crippen molar-refractivity contribution >= 4 is 11.6 Å². The average Bonchev–Trinajstić information content (AvgIpc) is 3.04. The highest BCUT2D eigenvalue weighted by Gasteiger charge is 2.15. The van der Waals surface area contributed by atoms with Crippen LogP contribution in [0.3, 0.4) is 0 Å². The molecule has 0 aliphatic carbocycles. The van der Waals surface area contributed by atoms with Crippen LogP contribution in [0.25, 0.3) is 0 Å². The molecule has 0 aromatic carbocycles. The number of carbonyl (C=O) groups excluding carboxylic acids is 2. The summed E-state index contributed by atoms with van der Waals surface area (Å²) in [6, 6.07) is 1.96. The first-order valence-corrected chi connectivity index (χ1v) is 10.9. The van der Waals surface area contributed by atoms with Gasteiger partial charge in [0.25, 0.3) is 0 Å². The van der Waals surface area contributed by atoms with Crippen LogP contribution < -0.4 is 0 Å².